The predicted octanol–water partition coefficient (Wildman–Crippen LogP) is 2.56. The van der Waals surface area contributed by atoms with Gasteiger partial charge in [0.25, 0.3) is 5.91 Å². The van der Waals surface area contributed by atoms with Crippen molar-refractivity contribution in [3.05, 3.63) is 48.2 Å². The highest BCUT2D eigenvalue weighted by molar-refractivity contribution is 6.06. The van der Waals surface area contributed by atoms with Crippen LogP contribution in [0.15, 0.2) is 36.5 Å². The zero-order chi connectivity index (χ0) is 14.7. The molecule has 3 aromatic rings. The van der Waals surface area contributed by atoms with Gasteiger partial charge in [-0.2, -0.15) is 0 Å². The Morgan fingerprint density at radius 1 is 1.29 bits per heavy atom. The van der Waals surface area contributed by atoms with Gasteiger partial charge in [0.05, 0.1) is 11.2 Å². The van der Waals surface area contributed by atoms with Gasteiger partial charge >= 0.3 is 0 Å². The summed E-state index contributed by atoms with van der Waals surface area (Å²) in [6, 6.07) is 9.45. The minimum Gasteiger partial charge on any atom is -0.317 e. The highest BCUT2D eigenvalue weighted by Gasteiger charge is 2.13. The van der Waals surface area contributed by atoms with Crippen LogP contribution in [-0.4, -0.2) is 26.1 Å². The van der Waals surface area contributed by atoms with Crippen LogP contribution in [-0.2, 0) is 6.42 Å². The first-order valence-corrected chi connectivity index (χ1v) is 6.84. The minimum absolute atomic E-state index is 0.145. The summed E-state index contributed by atoms with van der Waals surface area (Å²) in [6.07, 6.45) is 3.42. The third-order valence-electron chi connectivity index (χ3n) is 3.10. The quantitative estimate of drug-likeness (QED) is 0.769. The number of aryl methyl sites for hydroxylation is 1. The largest absolute Gasteiger partial charge is 0.317 e. The van der Waals surface area contributed by atoms with Gasteiger partial charge in [0.1, 0.15) is 5.82 Å². The topological polar surface area (TPSA) is 83.6 Å². The fraction of sp³-hybridized carbons (Fsp3) is 0.200. The molecule has 0 aliphatic heterocycles. The number of carbonyl (C=O) groups excluding carboxylic acids is 1. The summed E-state index contributed by atoms with van der Waals surface area (Å²) in [5, 5.41) is 10.5. The first-order chi connectivity index (χ1) is 10.3. The zero-order valence-corrected chi connectivity index (χ0v) is 11.6. The molecule has 6 heteroatoms. The zero-order valence-electron chi connectivity index (χ0n) is 11.6. The number of carbonyl (C=O) groups is 1. The number of pyridine rings is 1. The van der Waals surface area contributed by atoms with Gasteiger partial charge in [-0.15, -0.1) is 5.10 Å². The molecule has 0 fully saturated rings. The molecular weight excluding hydrogens is 266 g/mol. The van der Waals surface area contributed by atoms with Crippen molar-refractivity contribution in [2.75, 3.05) is 5.32 Å². The summed E-state index contributed by atoms with van der Waals surface area (Å²) in [6.45, 7) is 2.05. The van der Waals surface area contributed by atoms with Gasteiger partial charge in [0, 0.05) is 18.0 Å². The number of aromatic nitrogens is 4. The second-order valence-corrected chi connectivity index (χ2v) is 4.69. The van der Waals surface area contributed by atoms with Crippen LogP contribution in [0.3, 0.4) is 0 Å². The summed E-state index contributed by atoms with van der Waals surface area (Å²) in [5.41, 5.74) is 1.40. The number of H-pyrrole nitrogens is 1. The molecule has 6 nitrogen and oxygen atoms in total. The number of hydrogen-bond acceptors (Lipinski definition) is 4. The number of para-hydroxylation sites is 1. The molecule has 2 aromatic heterocycles. The smallest absolute Gasteiger partial charge is 0.295 e. The van der Waals surface area contributed by atoms with E-state index in [0.717, 1.165) is 29.6 Å². The van der Waals surface area contributed by atoms with E-state index in [2.05, 4.69) is 25.5 Å². The van der Waals surface area contributed by atoms with Crippen LogP contribution in [0.25, 0.3) is 10.9 Å². The Labute approximate surface area is 121 Å². The monoisotopic (exact) mass is 281 g/mol. The first-order valence-electron chi connectivity index (χ1n) is 6.84. The Morgan fingerprint density at radius 3 is 3.00 bits per heavy atom. The van der Waals surface area contributed by atoms with E-state index in [1.807, 2.05) is 37.3 Å². The Hall–Kier alpha value is -2.76. The van der Waals surface area contributed by atoms with Crippen LogP contribution in [0.2, 0.25) is 0 Å². The van der Waals surface area contributed by atoms with E-state index in [-0.39, 0.29) is 11.7 Å². The number of amides is 1. The van der Waals surface area contributed by atoms with Gasteiger partial charge in [-0.1, -0.05) is 25.1 Å². The molecule has 0 atom stereocenters. The van der Waals surface area contributed by atoms with Crippen LogP contribution in [0.4, 0.5) is 5.69 Å². The fourth-order valence-electron chi connectivity index (χ4n) is 2.13. The van der Waals surface area contributed by atoms with Crippen molar-refractivity contribution in [2.45, 2.75) is 19.8 Å². The van der Waals surface area contributed by atoms with Crippen LogP contribution in [0.1, 0.15) is 29.8 Å². The number of fused-ring (bicyclic) bond motifs is 1. The van der Waals surface area contributed by atoms with E-state index < -0.39 is 0 Å². The van der Waals surface area contributed by atoms with Crippen molar-refractivity contribution >= 4 is 22.5 Å². The number of hydrogen-bond donors (Lipinski definition) is 2. The summed E-state index contributed by atoms with van der Waals surface area (Å²) in [7, 11) is 0. The lowest BCUT2D eigenvalue weighted by Crippen LogP contribution is -2.14. The summed E-state index contributed by atoms with van der Waals surface area (Å²) in [4.78, 5) is 20.7. The molecule has 21 heavy (non-hydrogen) atoms. The van der Waals surface area contributed by atoms with E-state index in [4.69, 9.17) is 0 Å². The first kappa shape index (κ1) is 13.2. The maximum absolute atomic E-state index is 12.2. The van der Waals surface area contributed by atoms with Gasteiger partial charge in [0.15, 0.2) is 0 Å². The van der Waals surface area contributed by atoms with Gasteiger partial charge in [-0.25, -0.2) is 4.98 Å². The molecule has 0 aliphatic carbocycles. The molecule has 0 saturated heterocycles. The highest BCUT2D eigenvalue weighted by atomic mass is 16.2. The molecule has 3 rings (SSSR count). The van der Waals surface area contributed by atoms with Crippen molar-refractivity contribution in [1.29, 1.82) is 0 Å². The summed E-state index contributed by atoms with van der Waals surface area (Å²) in [5.74, 6) is 0.525. The second kappa shape index (κ2) is 5.70. The predicted molar refractivity (Wildman–Crippen MR) is 80.1 cm³/mol. The van der Waals surface area contributed by atoms with Crippen LogP contribution in [0.5, 0.6) is 0 Å². The second-order valence-electron chi connectivity index (χ2n) is 4.69. The number of nitrogens with zero attached hydrogens (tertiary/aromatic N) is 3. The van der Waals surface area contributed by atoms with E-state index in [9.17, 15) is 4.79 Å². The van der Waals surface area contributed by atoms with Crippen LogP contribution < -0.4 is 5.32 Å². The Kier molecular flexibility index (Phi) is 3.59. The maximum atomic E-state index is 12.2. The molecule has 0 bridgehead atoms. The Morgan fingerprint density at radius 2 is 2.14 bits per heavy atom. The van der Waals surface area contributed by atoms with Gasteiger partial charge in [0.2, 0.25) is 5.82 Å². The molecule has 2 N–H and O–H groups in total. The Balaban J connectivity index is 1.85. The number of rotatable bonds is 4. The van der Waals surface area contributed by atoms with E-state index >= 15 is 0 Å². The average molecular weight is 281 g/mol. The van der Waals surface area contributed by atoms with Crippen LogP contribution in [0, 0.1) is 0 Å². The van der Waals surface area contributed by atoms with Crippen molar-refractivity contribution in [3.8, 4) is 0 Å². The minimum atomic E-state index is -0.341. The Bertz CT molecular complexity index is 775. The number of anilines is 1. The van der Waals surface area contributed by atoms with Crippen molar-refractivity contribution in [3.63, 3.8) is 0 Å². The fourth-order valence-corrected chi connectivity index (χ4v) is 2.13. The molecule has 106 valence electrons. The number of nitrogens with one attached hydrogen (secondary N) is 2. The SMILES string of the molecule is CCCc1nc(C(=O)Nc2cccc3cccnc23)n[nH]1. The summed E-state index contributed by atoms with van der Waals surface area (Å²) >= 11 is 0. The molecule has 1 aromatic carbocycles. The number of benzene rings is 1. The highest BCUT2D eigenvalue weighted by Crippen LogP contribution is 2.20. The molecule has 2 heterocycles. The molecule has 0 unspecified atom stereocenters. The van der Waals surface area contributed by atoms with E-state index in [1.165, 1.54) is 0 Å². The van der Waals surface area contributed by atoms with Crippen molar-refractivity contribution < 1.29 is 4.79 Å². The third-order valence-corrected chi connectivity index (χ3v) is 3.10. The van der Waals surface area contributed by atoms with Crippen molar-refractivity contribution in [2.24, 2.45) is 0 Å². The molecule has 0 aliphatic rings. The standard InChI is InChI=1S/C15H15N5O/c1-2-5-12-18-14(20-19-12)15(21)17-11-8-3-6-10-7-4-9-16-13(10)11/h3-4,6-9H,2,5H2,1H3,(H,17,21)(H,18,19,20). The van der Waals surface area contributed by atoms with Gasteiger partial charge in [-0.3, -0.25) is 14.9 Å². The summed E-state index contributed by atoms with van der Waals surface area (Å²) < 4.78 is 0. The molecular formula is C15H15N5O. The molecule has 0 spiro atoms. The lowest BCUT2D eigenvalue weighted by atomic mass is 10.2. The molecule has 0 radical (unpaired) electrons. The van der Waals surface area contributed by atoms with Gasteiger partial charge in [-0.05, 0) is 18.6 Å². The lowest BCUT2D eigenvalue weighted by Gasteiger charge is -2.05. The number of aromatic amines is 1. The third kappa shape index (κ3) is 2.74. The van der Waals surface area contributed by atoms with E-state index in [1.54, 1.807) is 6.20 Å². The van der Waals surface area contributed by atoms with Gasteiger partial charge < -0.3 is 5.32 Å². The molecule has 0 saturated carbocycles. The average Bonchev–Trinajstić information content (AvgIpc) is 2.97. The van der Waals surface area contributed by atoms with E-state index in [0.29, 0.717) is 5.69 Å². The molecule has 1 amide bonds. The lowest BCUT2D eigenvalue weighted by molar-refractivity contribution is 0.101. The van der Waals surface area contributed by atoms with Crippen LogP contribution >= 0.6 is 0 Å². The maximum Gasteiger partial charge on any atom is 0.295 e. The normalized spacial score (nSPS) is 10.7. The van der Waals surface area contributed by atoms with Crippen molar-refractivity contribution in [1.82, 2.24) is 20.2 Å².